The Bertz CT molecular complexity index is 13.6. The van der Waals surface area contributed by atoms with Crippen LogP contribution in [0.1, 0.15) is 0 Å². The second kappa shape index (κ2) is 380. The van der Waals surface area contributed by atoms with Crippen molar-refractivity contribution in [2.24, 2.45) is 0 Å². The Morgan fingerprint density at radius 2 is 0.400 bits per heavy atom. The normalized spacial score (nSPS) is 0. The third-order valence-electron chi connectivity index (χ3n) is 0. The maximum Gasteiger partial charge on any atom is 2.00 e. The molecular weight excluding hydrogens is 451 g/mol. The first-order valence-electron chi connectivity index (χ1n) is 0. The number of hydrogen-bond acceptors (Lipinski definition) is 0. The number of hydrogen-bond donors (Lipinski definition) is 0. The van der Waals surface area contributed by atoms with Crippen LogP contribution >= 0.6 is 0 Å². The molecule has 0 aromatic carbocycles. The van der Waals surface area contributed by atoms with E-state index in [4.69, 9.17) is 0 Å². The van der Waals surface area contributed by atoms with Gasteiger partial charge in [-0.3, -0.25) is 0 Å². The molecule has 0 N–H and O–H groups in total. The van der Waals surface area contributed by atoms with Gasteiger partial charge in [-0.1, -0.05) is 0 Å². The van der Waals surface area contributed by atoms with Crippen LogP contribution in [0.25, 0.3) is 0 Å². The molecule has 0 saturated heterocycles. The molecular formula is CoMoO7W-12. The van der Waals surface area contributed by atoms with Crippen molar-refractivity contribution in [3.8, 4) is 0 Å². The van der Waals surface area contributed by atoms with E-state index in [1.54, 1.807) is 0 Å². The smallest absolute Gasteiger partial charge is 2.00 e. The molecule has 0 saturated carbocycles. The Balaban J connectivity index is 0. The van der Waals surface area contributed by atoms with Crippen molar-refractivity contribution in [3.05, 3.63) is 0 Å². The maximum absolute atomic E-state index is 0. The molecule has 10 heteroatoms. The zero-order chi connectivity index (χ0) is 0. The van der Waals surface area contributed by atoms with Gasteiger partial charge in [0.2, 0.25) is 0 Å². The summed E-state index contributed by atoms with van der Waals surface area (Å²) in [5, 5.41) is 0. The first kappa shape index (κ1) is 508. The minimum Gasteiger partial charge on any atom is -2.00 e. The van der Waals surface area contributed by atoms with Crippen LogP contribution in [0.4, 0.5) is 0 Å². The van der Waals surface area contributed by atoms with Crippen molar-refractivity contribution < 1.29 is 97.2 Å². The standard InChI is InChI=1S/Co.Mo.7O.W/q+2;;7*-2;. The number of rotatable bonds is 0. The van der Waals surface area contributed by atoms with E-state index in [0.717, 1.165) is 0 Å². The molecule has 7 nitrogen and oxygen atoms in total. The summed E-state index contributed by atoms with van der Waals surface area (Å²) in [5.41, 5.74) is 0. The summed E-state index contributed by atoms with van der Waals surface area (Å²) in [4.78, 5) is 0. The molecule has 0 bridgehead atoms. The summed E-state index contributed by atoms with van der Waals surface area (Å²) in [6.07, 6.45) is 0. The van der Waals surface area contributed by atoms with E-state index in [-0.39, 0.29) is 97.2 Å². The fraction of sp³-hybridized carbons (Fsp3) is 0. The molecule has 0 fully saturated rings. The molecule has 1 radical (unpaired) electrons. The summed E-state index contributed by atoms with van der Waals surface area (Å²) in [6.45, 7) is 0. The summed E-state index contributed by atoms with van der Waals surface area (Å²) in [7, 11) is 0. The van der Waals surface area contributed by atoms with Crippen LogP contribution in [0, 0.1) is 0 Å². The van der Waals surface area contributed by atoms with Gasteiger partial charge in [-0.25, -0.2) is 0 Å². The molecule has 0 atom stereocenters. The van der Waals surface area contributed by atoms with Gasteiger partial charge in [0.05, 0.1) is 0 Å². The van der Waals surface area contributed by atoms with Crippen molar-refractivity contribution in [1.82, 2.24) is 0 Å². The van der Waals surface area contributed by atoms with Gasteiger partial charge in [0.15, 0.2) is 0 Å². The quantitative estimate of drug-likeness (QED) is 0.415. The van der Waals surface area contributed by atoms with Gasteiger partial charge in [-0.15, -0.1) is 0 Å². The largest absolute Gasteiger partial charge is 2.00 e. The zero-order valence-electron chi connectivity index (χ0n) is 4.01. The summed E-state index contributed by atoms with van der Waals surface area (Å²) in [5.74, 6) is 0. The van der Waals surface area contributed by atoms with Crippen LogP contribution in [-0.2, 0) is 97.2 Å². The minimum atomic E-state index is 0. The SMILES string of the molecule is [Co+2].[Mo].[O-2].[O-2].[O-2].[O-2].[O-2].[O-2].[O-2].[W]. The van der Waals surface area contributed by atoms with Crippen LogP contribution in [-0.4, -0.2) is 0 Å². The first-order valence-corrected chi connectivity index (χ1v) is 0. The van der Waals surface area contributed by atoms with Crippen LogP contribution in [0.15, 0.2) is 0 Å². The second-order valence-corrected chi connectivity index (χ2v) is 0. The van der Waals surface area contributed by atoms with Crippen molar-refractivity contribution in [1.29, 1.82) is 0 Å². The van der Waals surface area contributed by atoms with Gasteiger partial charge >= 0.3 is 16.8 Å². The van der Waals surface area contributed by atoms with Gasteiger partial charge in [0.1, 0.15) is 0 Å². The van der Waals surface area contributed by atoms with Gasteiger partial charge in [0.25, 0.3) is 0 Å². The van der Waals surface area contributed by atoms with E-state index >= 15 is 0 Å². The molecule has 0 amide bonds. The molecule has 0 unspecified atom stereocenters. The van der Waals surface area contributed by atoms with Crippen LogP contribution < -0.4 is 0 Å². The fourth-order valence-electron chi connectivity index (χ4n) is 0. The summed E-state index contributed by atoms with van der Waals surface area (Å²) < 4.78 is 0. The first-order chi connectivity index (χ1) is 0. The average molecular weight is 451 g/mol. The molecule has 10 heavy (non-hydrogen) atoms. The molecule has 0 aliphatic rings. The summed E-state index contributed by atoms with van der Waals surface area (Å²) in [6, 6.07) is 0. The molecule has 0 aliphatic heterocycles. The zero-order valence-corrected chi connectivity index (χ0v) is 9.99. The Kier molecular flexibility index (Phi) is 19300. The predicted molar refractivity (Wildman–Crippen MR) is 4.81 cm³/mol. The monoisotopic (exact) mass is 453 g/mol. The van der Waals surface area contributed by atoms with E-state index in [1.165, 1.54) is 0 Å². The third-order valence-corrected chi connectivity index (χ3v) is 0. The van der Waals surface area contributed by atoms with Gasteiger partial charge < -0.3 is 38.3 Å². The van der Waals surface area contributed by atoms with E-state index in [1.807, 2.05) is 0 Å². The van der Waals surface area contributed by atoms with Gasteiger partial charge in [0, 0.05) is 42.1 Å². The predicted octanol–water partition coefficient (Wildman–Crippen LogP) is -0.839. The van der Waals surface area contributed by atoms with Crippen molar-refractivity contribution in [3.63, 3.8) is 0 Å². The molecule has 0 aliphatic carbocycles. The Morgan fingerprint density at radius 1 is 0.400 bits per heavy atom. The molecule has 75 valence electrons. The maximum atomic E-state index is 0. The van der Waals surface area contributed by atoms with Crippen LogP contribution in [0.2, 0.25) is 0 Å². The Hall–Kier alpha value is 1.60. The van der Waals surface area contributed by atoms with Gasteiger partial charge in [-0.2, -0.15) is 0 Å². The van der Waals surface area contributed by atoms with E-state index in [2.05, 4.69) is 0 Å². The van der Waals surface area contributed by atoms with Crippen LogP contribution in [0.3, 0.4) is 0 Å². The average Bonchev–Trinajstić information content (AvgIpc) is 0. The topological polar surface area (TPSA) is 200 Å². The van der Waals surface area contributed by atoms with Crippen LogP contribution in [0.5, 0.6) is 0 Å². The molecule has 0 spiro atoms. The van der Waals surface area contributed by atoms with Crippen molar-refractivity contribution in [2.75, 3.05) is 0 Å². The molecule has 0 heterocycles. The molecule has 0 aromatic heterocycles. The third kappa shape index (κ3) is 277. The second-order valence-electron chi connectivity index (χ2n) is 0. The van der Waals surface area contributed by atoms with Gasteiger partial charge in [-0.05, 0) is 0 Å². The van der Waals surface area contributed by atoms with E-state index in [0.29, 0.717) is 0 Å². The molecule has 0 rings (SSSR count). The summed E-state index contributed by atoms with van der Waals surface area (Å²) >= 11 is 0. The molecule has 0 aromatic rings. The Labute approximate surface area is 96.8 Å². The van der Waals surface area contributed by atoms with Crippen molar-refractivity contribution in [2.45, 2.75) is 0 Å². The fourth-order valence-corrected chi connectivity index (χ4v) is 0. The van der Waals surface area contributed by atoms with E-state index < -0.39 is 0 Å². The Morgan fingerprint density at radius 3 is 0.400 bits per heavy atom. The van der Waals surface area contributed by atoms with E-state index in [9.17, 15) is 0 Å². The minimum absolute atomic E-state index is 0. The van der Waals surface area contributed by atoms with Crippen molar-refractivity contribution >= 4 is 0 Å².